The van der Waals surface area contributed by atoms with E-state index in [2.05, 4.69) is 11.6 Å². The number of allylic oxidation sites excluding steroid dienone is 1. The molecular formula is C23H20N2O3S. The van der Waals surface area contributed by atoms with Crippen molar-refractivity contribution in [2.75, 3.05) is 14.2 Å². The van der Waals surface area contributed by atoms with Gasteiger partial charge in [0.05, 0.1) is 24.5 Å². The van der Waals surface area contributed by atoms with E-state index in [-0.39, 0.29) is 5.91 Å². The lowest BCUT2D eigenvalue weighted by atomic mass is 10.1. The molecule has 4 rings (SSSR count). The van der Waals surface area contributed by atoms with Crippen LogP contribution in [0.5, 0.6) is 11.5 Å². The fourth-order valence-electron chi connectivity index (χ4n) is 3.35. The van der Waals surface area contributed by atoms with Gasteiger partial charge in [-0.2, -0.15) is 4.99 Å². The molecule has 0 fully saturated rings. The second-order valence-electron chi connectivity index (χ2n) is 6.41. The molecule has 0 atom stereocenters. The quantitative estimate of drug-likeness (QED) is 0.449. The maximum Gasteiger partial charge on any atom is 0.283 e. The molecular weight excluding hydrogens is 384 g/mol. The number of hydrogen-bond donors (Lipinski definition) is 0. The van der Waals surface area contributed by atoms with Crippen molar-refractivity contribution < 1.29 is 14.3 Å². The Kier molecular flexibility index (Phi) is 5.18. The van der Waals surface area contributed by atoms with Crippen LogP contribution >= 0.6 is 11.3 Å². The van der Waals surface area contributed by atoms with Crippen molar-refractivity contribution in [3.63, 3.8) is 0 Å². The molecule has 5 nitrogen and oxygen atoms in total. The monoisotopic (exact) mass is 404 g/mol. The number of hydrogen-bond acceptors (Lipinski definition) is 4. The zero-order chi connectivity index (χ0) is 20.4. The highest BCUT2D eigenvalue weighted by Crippen LogP contribution is 2.29. The molecule has 6 heteroatoms. The van der Waals surface area contributed by atoms with Crippen LogP contribution in [-0.4, -0.2) is 24.7 Å². The smallest absolute Gasteiger partial charge is 0.283 e. The Morgan fingerprint density at radius 3 is 2.48 bits per heavy atom. The summed E-state index contributed by atoms with van der Waals surface area (Å²) < 4.78 is 13.9. The number of methoxy groups -OCH3 is 2. The number of amides is 1. The topological polar surface area (TPSA) is 52.8 Å². The number of ether oxygens (including phenoxy) is 2. The summed E-state index contributed by atoms with van der Waals surface area (Å²) in [6.07, 6.45) is 1.78. The van der Waals surface area contributed by atoms with Crippen molar-refractivity contribution in [2.24, 2.45) is 4.99 Å². The number of aromatic nitrogens is 1. The molecule has 1 aromatic heterocycles. The second kappa shape index (κ2) is 7.93. The van der Waals surface area contributed by atoms with E-state index in [0.29, 0.717) is 22.7 Å². The van der Waals surface area contributed by atoms with Gasteiger partial charge in [-0.25, -0.2) is 0 Å². The van der Waals surface area contributed by atoms with Crippen molar-refractivity contribution in [2.45, 2.75) is 6.54 Å². The zero-order valence-electron chi connectivity index (χ0n) is 16.2. The van der Waals surface area contributed by atoms with Gasteiger partial charge in [0.25, 0.3) is 5.91 Å². The predicted molar refractivity (Wildman–Crippen MR) is 117 cm³/mol. The Labute approximate surface area is 172 Å². The molecule has 0 saturated heterocycles. The van der Waals surface area contributed by atoms with Crippen LogP contribution in [0.3, 0.4) is 0 Å². The molecule has 0 bridgehead atoms. The van der Waals surface area contributed by atoms with Gasteiger partial charge in [0, 0.05) is 6.54 Å². The Morgan fingerprint density at radius 1 is 1.07 bits per heavy atom. The molecule has 1 amide bonds. The molecule has 0 N–H and O–H groups in total. The van der Waals surface area contributed by atoms with Crippen LogP contribution in [0.4, 0.5) is 0 Å². The molecule has 0 saturated carbocycles. The maximum atomic E-state index is 13.1. The van der Waals surface area contributed by atoms with Crippen molar-refractivity contribution in [3.05, 3.63) is 77.6 Å². The Hall–Kier alpha value is -3.38. The van der Waals surface area contributed by atoms with Gasteiger partial charge in [0.2, 0.25) is 0 Å². The molecule has 146 valence electrons. The lowest BCUT2D eigenvalue weighted by Gasteiger charge is -2.08. The van der Waals surface area contributed by atoms with Gasteiger partial charge in [-0.3, -0.25) is 4.79 Å². The molecule has 1 heterocycles. The SMILES string of the molecule is C=CCn1c(=NC(=O)c2cc3ccccc3cc2OC)sc2cccc(OC)c21. The minimum Gasteiger partial charge on any atom is -0.496 e. The molecule has 0 unspecified atom stereocenters. The Balaban J connectivity index is 1.91. The van der Waals surface area contributed by atoms with Crippen LogP contribution in [0.15, 0.2) is 72.2 Å². The van der Waals surface area contributed by atoms with E-state index in [4.69, 9.17) is 9.47 Å². The first kappa shape index (κ1) is 19.0. The molecule has 0 spiro atoms. The van der Waals surface area contributed by atoms with Gasteiger partial charge in [0.1, 0.15) is 17.0 Å². The average molecular weight is 404 g/mol. The summed E-state index contributed by atoms with van der Waals surface area (Å²) in [6, 6.07) is 17.3. The molecule has 0 aliphatic carbocycles. The largest absolute Gasteiger partial charge is 0.496 e. The van der Waals surface area contributed by atoms with E-state index in [1.807, 2.05) is 59.2 Å². The first-order valence-electron chi connectivity index (χ1n) is 9.09. The highest BCUT2D eigenvalue weighted by Gasteiger charge is 2.15. The summed E-state index contributed by atoms with van der Waals surface area (Å²) in [6.45, 7) is 4.35. The van der Waals surface area contributed by atoms with Crippen LogP contribution in [0.1, 0.15) is 10.4 Å². The summed E-state index contributed by atoms with van der Waals surface area (Å²) in [5, 5.41) is 1.97. The van der Waals surface area contributed by atoms with E-state index in [9.17, 15) is 4.79 Å². The minimum absolute atomic E-state index is 0.351. The molecule has 0 aliphatic heterocycles. The third-order valence-electron chi connectivity index (χ3n) is 4.69. The van der Waals surface area contributed by atoms with Gasteiger partial charge < -0.3 is 14.0 Å². The molecule has 29 heavy (non-hydrogen) atoms. The van der Waals surface area contributed by atoms with Crippen molar-refractivity contribution in [1.82, 2.24) is 4.57 Å². The Bertz CT molecular complexity index is 1300. The van der Waals surface area contributed by atoms with Crippen molar-refractivity contribution in [1.29, 1.82) is 0 Å². The summed E-state index contributed by atoms with van der Waals surface area (Å²) in [5.74, 6) is 0.889. The van der Waals surface area contributed by atoms with Crippen LogP contribution in [-0.2, 0) is 6.54 Å². The number of para-hydroxylation sites is 1. The number of thiazole rings is 1. The van der Waals surface area contributed by atoms with Crippen molar-refractivity contribution in [3.8, 4) is 11.5 Å². The highest BCUT2D eigenvalue weighted by molar-refractivity contribution is 7.16. The normalized spacial score (nSPS) is 11.7. The zero-order valence-corrected chi connectivity index (χ0v) is 17.0. The lowest BCUT2D eigenvalue weighted by Crippen LogP contribution is -2.17. The van der Waals surface area contributed by atoms with E-state index in [1.54, 1.807) is 20.3 Å². The summed E-state index contributed by atoms with van der Waals surface area (Å²) in [5.41, 5.74) is 1.33. The van der Waals surface area contributed by atoms with E-state index >= 15 is 0 Å². The first-order chi connectivity index (χ1) is 14.2. The van der Waals surface area contributed by atoms with Crippen LogP contribution in [0, 0.1) is 0 Å². The number of nitrogens with zero attached hydrogens (tertiary/aromatic N) is 2. The number of benzene rings is 3. The third kappa shape index (κ3) is 3.43. The summed E-state index contributed by atoms with van der Waals surface area (Å²) in [4.78, 5) is 18.1. The van der Waals surface area contributed by atoms with E-state index in [1.165, 1.54) is 11.3 Å². The Morgan fingerprint density at radius 2 is 1.79 bits per heavy atom. The van der Waals surface area contributed by atoms with E-state index < -0.39 is 0 Å². The van der Waals surface area contributed by atoms with Gasteiger partial charge in [-0.15, -0.1) is 6.58 Å². The van der Waals surface area contributed by atoms with Gasteiger partial charge in [-0.1, -0.05) is 47.7 Å². The predicted octanol–water partition coefficient (Wildman–Crippen LogP) is 4.80. The highest BCUT2D eigenvalue weighted by atomic mass is 32.1. The minimum atomic E-state index is -0.351. The summed E-state index contributed by atoms with van der Waals surface area (Å²) in [7, 11) is 3.19. The first-order valence-corrected chi connectivity index (χ1v) is 9.91. The molecule has 4 aromatic rings. The van der Waals surface area contributed by atoms with Crippen LogP contribution in [0.2, 0.25) is 0 Å². The second-order valence-corrected chi connectivity index (χ2v) is 7.42. The van der Waals surface area contributed by atoms with E-state index in [0.717, 1.165) is 26.7 Å². The summed E-state index contributed by atoms with van der Waals surface area (Å²) >= 11 is 1.44. The standard InChI is InChI=1S/C23H20N2O3S/c1-4-12-25-21-18(27-2)10-7-11-20(21)29-23(25)24-22(26)17-13-15-8-5-6-9-16(15)14-19(17)28-3/h4-11,13-14H,1,12H2,2-3H3. The number of fused-ring (bicyclic) bond motifs is 2. The van der Waals surface area contributed by atoms with Gasteiger partial charge >= 0.3 is 0 Å². The van der Waals surface area contributed by atoms with Crippen LogP contribution < -0.4 is 14.3 Å². The molecule has 3 aromatic carbocycles. The van der Waals surface area contributed by atoms with Gasteiger partial charge in [0.15, 0.2) is 4.80 Å². The molecule has 0 aliphatic rings. The lowest BCUT2D eigenvalue weighted by molar-refractivity contribution is 0.0995. The average Bonchev–Trinajstić information content (AvgIpc) is 3.10. The van der Waals surface area contributed by atoms with Crippen LogP contribution in [0.25, 0.3) is 21.0 Å². The number of carbonyl (C=O) groups excluding carboxylic acids is 1. The fourth-order valence-corrected chi connectivity index (χ4v) is 4.40. The van der Waals surface area contributed by atoms with Gasteiger partial charge in [-0.05, 0) is 35.0 Å². The maximum absolute atomic E-state index is 13.1. The number of rotatable bonds is 5. The molecule has 0 radical (unpaired) electrons. The third-order valence-corrected chi connectivity index (χ3v) is 5.73. The fraction of sp³-hybridized carbons (Fsp3) is 0.130. The number of carbonyl (C=O) groups is 1. The van der Waals surface area contributed by atoms with Crippen molar-refractivity contribution >= 4 is 38.2 Å².